The van der Waals surface area contributed by atoms with E-state index in [1.54, 1.807) is 36.4 Å². The van der Waals surface area contributed by atoms with Crippen LogP contribution in [-0.4, -0.2) is 23.5 Å². The summed E-state index contributed by atoms with van der Waals surface area (Å²) < 4.78 is 0. The van der Waals surface area contributed by atoms with Crippen LogP contribution in [0.5, 0.6) is 0 Å². The first-order valence-corrected chi connectivity index (χ1v) is 6.34. The SMILES string of the molecule is CCNC(=O)c1cccc(-c2ccc(C(=O)O)cc2)c1. The van der Waals surface area contributed by atoms with Crippen LogP contribution in [0, 0.1) is 0 Å². The summed E-state index contributed by atoms with van der Waals surface area (Å²) in [5, 5.41) is 11.6. The van der Waals surface area contributed by atoms with E-state index in [0.717, 1.165) is 11.1 Å². The summed E-state index contributed by atoms with van der Waals surface area (Å²) in [5.41, 5.74) is 2.59. The lowest BCUT2D eigenvalue weighted by Gasteiger charge is -2.06. The van der Waals surface area contributed by atoms with Crippen molar-refractivity contribution in [3.8, 4) is 11.1 Å². The highest BCUT2D eigenvalue weighted by Crippen LogP contribution is 2.21. The van der Waals surface area contributed by atoms with E-state index in [1.165, 1.54) is 0 Å². The first kappa shape index (κ1) is 13.8. The van der Waals surface area contributed by atoms with Crippen molar-refractivity contribution in [2.75, 3.05) is 6.54 Å². The molecule has 0 atom stereocenters. The molecule has 0 bridgehead atoms. The molecule has 4 nitrogen and oxygen atoms in total. The minimum absolute atomic E-state index is 0.114. The van der Waals surface area contributed by atoms with Gasteiger partial charge in [-0.2, -0.15) is 0 Å². The van der Waals surface area contributed by atoms with Crippen LogP contribution in [-0.2, 0) is 0 Å². The van der Waals surface area contributed by atoms with Gasteiger partial charge in [-0.15, -0.1) is 0 Å². The maximum absolute atomic E-state index is 11.8. The van der Waals surface area contributed by atoms with Crippen LogP contribution >= 0.6 is 0 Å². The van der Waals surface area contributed by atoms with Crippen molar-refractivity contribution >= 4 is 11.9 Å². The second-order valence-electron chi connectivity index (χ2n) is 4.32. The molecule has 0 aliphatic carbocycles. The highest BCUT2D eigenvalue weighted by molar-refractivity contribution is 5.95. The Balaban J connectivity index is 2.31. The van der Waals surface area contributed by atoms with Crippen molar-refractivity contribution < 1.29 is 14.7 Å². The molecule has 0 aliphatic rings. The van der Waals surface area contributed by atoms with Crippen LogP contribution < -0.4 is 5.32 Å². The first-order chi connectivity index (χ1) is 9.61. The van der Waals surface area contributed by atoms with E-state index in [1.807, 2.05) is 19.1 Å². The molecular weight excluding hydrogens is 254 g/mol. The Hall–Kier alpha value is -2.62. The molecule has 0 aromatic heterocycles. The molecule has 0 spiro atoms. The zero-order chi connectivity index (χ0) is 14.5. The number of carbonyl (C=O) groups is 2. The summed E-state index contributed by atoms with van der Waals surface area (Å²) in [6.07, 6.45) is 0. The minimum atomic E-state index is -0.951. The number of aromatic carboxylic acids is 1. The van der Waals surface area contributed by atoms with Crippen LogP contribution in [0.25, 0.3) is 11.1 Å². The van der Waals surface area contributed by atoms with Gasteiger partial charge in [0.1, 0.15) is 0 Å². The van der Waals surface area contributed by atoms with Crippen molar-refractivity contribution in [1.29, 1.82) is 0 Å². The lowest BCUT2D eigenvalue weighted by atomic mass is 10.0. The van der Waals surface area contributed by atoms with Gasteiger partial charge in [-0.25, -0.2) is 4.79 Å². The molecule has 2 aromatic rings. The maximum Gasteiger partial charge on any atom is 0.335 e. The molecule has 0 radical (unpaired) electrons. The Morgan fingerprint density at radius 1 is 1.00 bits per heavy atom. The van der Waals surface area contributed by atoms with Crippen LogP contribution in [0.1, 0.15) is 27.6 Å². The quantitative estimate of drug-likeness (QED) is 0.897. The van der Waals surface area contributed by atoms with Gasteiger partial charge in [-0.1, -0.05) is 24.3 Å². The van der Waals surface area contributed by atoms with E-state index < -0.39 is 5.97 Å². The smallest absolute Gasteiger partial charge is 0.335 e. The standard InChI is InChI=1S/C16H15NO3/c1-2-17-15(18)14-5-3-4-13(10-14)11-6-8-12(9-7-11)16(19)20/h3-10H,2H2,1H3,(H,17,18)(H,19,20). The summed E-state index contributed by atoms with van der Waals surface area (Å²) in [6, 6.07) is 13.8. The van der Waals surface area contributed by atoms with Gasteiger partial charge in [-0.3, -0.25) is 4.79 Å². The van der Waals surface area contributed by atoms with Gasteiger partial charge in [0.05, 0.1) is 5.56 Å². The number of carboxylic acid groups (broad SMARTS) is 1. The van der Waals surface area contributed by atoms with Crippen molar-refractivity contribution in [3.63, 3.8) is 0 Å². The number of carbonyl (C=O) groups excluding carboxylic acids is 1. The van der Waals surface area contributed by atoms with E-state index in [9.17, 15) is 9.59 Å². The van der Waals surface area contributed by atoms with Gasteiger partial charge >= 0.3 is 5.97 Å². The zero-order valence-corrected chi connectivity index (χ0v) is 11.1. The molecule has 102 valence electrons. The van der Waals surface area contributed by atoms with E-state index in [4.69, 9.17) is 5.11 Å². The summed E-state index contributed by atoms with van der Waals surface area (Å²) >= 11 is 0. The van der Waals surface area contributed by atoms with Gasteiger partial charge in [0.2, 0.25) is 0 Å². The molecule has 0 saturated heterocycles. The Labute approximate surface area is 117 Å². The molecule has 0 saturated carbocycles. The third kappa shape index (κ3) is 3.03. The molecule has 0 unspecified atom stereocenters. The molecule has 2 N–H and O–H groups in total. The average Bonchev–Trinajstić information content (AvgIpc) is 2.48. The number of rotatable bonds is 4. The van der Waals surface area contributed by atoms with E-state index in [0.29, 0.717) is 12.1 Å². The van der Waals surface area contributed by atoms with E-state index >= 15 is 0 Å². The number of hydrogen-bond donors (Lipinski definition) is 2. The summed E-state index contributed by atoms with van der Waals surface area (Å²) in [7, 11) is 0. The summed E-state index contributed by atoms with van der Waals surface area (Å²) in [4.78, 5) is 22.6. The summed E-state index contributed by atoms with van der Waals surface area (Å²) in [5.74, 6) is -1.07. The van der Waals surface area contributed by atoms with Crippen LogP contribution in [0.2, 0.25) is 0 Å². The molecule has 4 heteroatoms. The van der Waals surface area contributed by atoms with E-state index in [2.05, 4.69) is 5.32 Å². The molecule has 0 heterocycles. The lowest BCUT2D eigenvalue weighted by molar-refractivity contribution is 0.0696. The number of benzene rings is 2. The summed E-state index contributed by atoms with van der Waals surface area (Å²) in [6.45, 7) is 2.45. The molecule has 0 aliphatic heterocycles. The predicted octanol–water partition coefficient (Wildman–Crippen LogP) is 2.80. The highest BCUT2D eigenvalue weighted by atomic mass is 16.4. The molecule has 0 fully saturated rings. The van der Waals surface area contributed by atoms with Crippen molar-refractivity contribution in [1.82, 2.24) is 5.32 Å². The fourth-order valence-electron chi connectivity index (χ4n) is 1.91. The lowest BCUT2D eigenvalue weighted by Crippen LogP contribution is -2.22. The number of amides is 1. The van der Waals surface area contributed by atoms with Crippen molar-refractivity contribution in [2.24, 2.45) is 0 Å². The number of nitrogens with one attached hydrogen (secondary N) is 1. The maximum atomic E-state index is 11.8. The Morgan fingerprint density at radius 3 is 2.30 bits per heavy atom. The Morgan fingerprint density at radius 2 is 1.70 bits per heavy atom. The Bertz CT molecular complexity index is 632. The topological polar surface area (TPSA) is 66.4 Å². The molecule has 2 aromatic carbocycles. The fraction of sp³-hybridized carbons (Fsp3) is 0.125. The fourth-order valence-corrected chi connectivity index (χ4v) is 1.91. The van der Waals surface area contributed by atoms with Gasteiger partial charge in [0.15, 0.2) is 0 Å². The van der Waals surface area contributed by atoms with E-state index in [-0.39, 0.29) is 11.5 Å². The molecule has 20 heavy (non-hydrogen) atoms. The van der Waals surface area contributed by atoms with Crippen LogP contribution in [0.3, 0.4) is 0 Å². The highest BCUT2D eigenvalue weighted by Gasteiger charge is 2.07. The number of hydrogen-bond acceptors (Lipinski definition) is 2. The van der Waals surface area contributed by atoms with Gasteiger partial charge in [-0.05, 0) is 42.3 Å². The second kappa shape index (κ2) is 6.02. The third-order valence-electron chi connectivity index (χ3n) is 2.93. The average molecular weight is 269 g/mol. The third-order valence-corrected chi connectivity index (χ3v) is 2.93. The first-order valence-electron chi connectivity index (χ1n) is 6.34. The normalized spacial score (nSPS) is 10.1. The Kier molecular flexibility index (Phi) is 4.15. The van der Waals surface area contributed by atoms with Crippen molar-refractivity contribution in [2.45, 2.75) is 6.92 Å². The number of carboxylic acids is 1. The van der Waals surface area contributed by atoms with Crippen LogP contribution in [0.15, 0.2) is 48.5 Å². The largest absolute Gasteiger partial charge is 0.478 e. The monoisotopic (exact) mass is 269 g/mol. The minimum Gasteiger partial charge on any atom is -0.478 e. The predicted molar refractivity (Wildman–Crippen MR) is 76.8 cm³/mol. The zero-order valence-electron chi connectivity index (χ0n) is 11.1. The van der Waals surface area contributed by atoms with Gasteiger partial charge in [0, 0.05) is 12.1 Å². The van der Waals surface area contributed by atoms with Gasteiger partial charge < -0.3 is 10.4 Å². The molecular formula is C16H15NO3. The molecule has 1 amide bonds. The molecule has 2 rings (SSSR count). The van der Waals surface area contributed by atoms with Gasteiger partial charge in [0.25, 0.3) is 5.91 Å². The second-order valence-corrected chi connectivity index (χ2v) is 4.32. The van der Waals surface area contributed by atoms with Crippen LogP contribution in [0.4, 0.5) is 0 Å². The van der Waals surface area contributed by atoms with Crippen molar-refractivity contribution in [3.05, 3.63) is 59.7 Å².